The summed E-state index contributed by atoms with van der Waals surface area (Å²) in [5.74, 6) is -0.0470. The second-order valence-corrected chi connectivity index (χ2v) is 6.01. The van der Waals surface area contributed by atoms with E-state index >= 15 is 0 Å². The molecule has 2 rings (SSSR count). The lowest BCUT2D eigenvalue weighted by Crippen LogP contribution is -2.13. The quantitative estimate of drug-likeness (QED) is 0.785. The Morgan fingerprint density at radius 2 is 2.10 bits per heavy atom. The van der Waals surface area contributed by atoms with Gasteiger partial charge in [-0.05, 0) is 40.2 Å². The number of halogens is 1. The van der Waals surface area contributed by atoms with Crippen LogP contribution in [0.3, 0.4) is 0 Å². The predicted octanol–water partition coefficient (Wildman–Crippen LogP) is 3.03. The molecule has 0 spiro atoms. The fourth-order valence-corrected chi connectivity index (χ4v) is 2.59. The molecule has 1 amide bonds. The van der Waals surface area contributed by atoms with E-state index in [9.17, 15) is 4.79 Å². The average Bonchev–Trinajstić information content (AvgIpc) is 2.45. The summed E-state index contributed by atoms with van der Waals surface area (Å²) in [6.45, 7) is 0.626. The molecule has 6 heteroatoms. The van der Waals surface area contributed by atoms with Crippen molar-refractivity contribution < 1.29 is 4.79 Å². The number of amides is 1. The Morgan fingerprint density at radius 3 is 2.80 bits per heavy atom. The molecule has 0 aliphatic rings. The first-order chi connectivity index (χ1) is 9.65. The van der Waals surface area contributed by atoms with Crippen LogP contribution < -0.4 is 11.1 Å². The number of nitrogens with one attached hydrogen (secondary N) is 1. The number of benzene rings is 1. The van der Waals surface area contributed by atoms with E-state index in [4.69, 9.17) is 5.73 Å². The van der Waals surface area contributed by atoms with Crippen LogP contribution in [0.5, 0.6) is 0 Å². The molecule has 0 unspecified atom stereocenters. The Hall–Kier alpha value is -1.53. The molecular weight excluding hydrogens is 338 g/mol. The molecule has 1 aromatic heterocycles. The van der Waals surface area contributed by atoms with Crippen LogP contribution in [0.25, 0.3) is 0 Å². The van der Waals surface area contributed by atoms with Gasteiger partial charge in [-0.1, -0.05) is 12.1 Å². The second-order valence-electron chi connectivity index (χ2n) is 4.07. The van der Waals surface area contributed by atoms with E-state index in [1.54, 1.807) is 6.20 Å². The first-order valence-electron chi connectivity index (χ1n) is 5.99. The van der Waals surface area contributed by atoms with E-state index in [0.29, 0.717) is 6.54 Å². The lowest BCUT2D eigenvalue weighted by Gasteiger charge is -2.10. The number of hydrogen-bond donors (Lipinski definition) is 2. The summed E-state index contributed by atoms with van der Waals surface area (Å²) in [4.78, 5) is 16.2. The third kappa shape index (κ3) is 4.54. The van der Waals surface area contributed by atoms with Crippen molar-refractivity contribution >= 4 is 39.3 Å². The summed E-state index contributed by atoms with van der Waals surface area (Å²) in [6.07, 6.45) is 1.77. The van der Waals surface area contributed by atoms with E-state index in [0.717, 1.165) is 20.7 Å². The fourth-order valence-electron chi connectivity index (χ4n) is 1.58. The maximum absolute atomic E-state index is 10.9. The number of pyridine rings is 1. The number of anilines is 1. The standard InChI is InChI=1S/C14H14BrN3OS/c15-10-5-6-11(17-7-10)8-18-12-3-1-2-4-13(12)20-9-14(16)19/h1-7,18H,8-9H2,(H2,16,19). The zero-order valence-electron chi connectivity index (χ0n) is 10.7. The molecule has 4 nitrogen and oxygen atoms in total. The van der Waals surface area contributed by atoms with Gasteiger partial charge in [0.25, 0.3) is 0 Å². The van der Waals surface area contributed by atoms with Gasteiger partial charge in [0.05, 0.1) is 18.0 Å². The number of rotatable bonds is 6. The number of primary amides is 1. The molecule has 1 aromatic carbocycles. The normalized spacial score (nSPS) is 10.2. The highest BCUT2D eigenvalue weighted by Crippen LogP contribution is 2.27. The van der Waals surface area contributed by atoms with Gasteiger partial charge in [0.15, 0.2) is 0 Å². The summed E-state index contributed by atoms with van der Waals surface area (Å²) >= 11 is 4.78. The zero-order valence-corrected chi connectivity index (χ0v) is 13.1. The highest BCUT2D eigenvalue weighted by Gasteiger charge is 2.04. The van der Waals surface area contributed by atoms with E-state index in [-0.39, 0.29) is 11.7 Å². The van der Waals surface area contributed by atoms with Crippen LogP contribution in [0.15, 0.2) is 52.0 Å². The van der Waals surface area contributed by atoms with Gasteiger partial charge in [0.1, 0.15) is 0 Å². The summed E-state index contributed by atoms with van der Waals surface area (Å²) in [6, 6.07) is 11.7. The molecule has 0 radical (unpaired) electrons. The highest BCUT2D eigenvalue weighted by molar-refractivity contribution is 9.10. The lowest BCUT2D eigenvalue weighted by molar-refractivity contribution is -0.115. The Balaban J connectivity index is 2.01. The minimum Gasteiger partial charge on any atom is -0.378 e. The van der Waals surface area contributed by atoms with Gasteiger partial charge >= 0.3 is 0 Å². The largest absolute Gasteiger partial charge is 0.378 e. The zero-order chi connectivity index (χ0) is 14.4. The van der Waals surface area contributed by atoms with E-state index in [2.05, 4.69) is 26.2 Å². The Kier molecular flexibility index (Phi) is 5.43. The van der Waals surface area contributed by atoms with Crippen molar-refractivity contribution in [3.63, 3.8) is 0 Å². The molecule has 0 aliphatic carbocycles. The molecule has 0 fully saturated rings. The van der Waals surface area contributed by atoms with Gasteiger partial charge in [-0.25, -0.2) is 0 Å². The minimum atomic E-state index is -0.320. The van der Waals surface area contributed by atoms with Crippen LogP contribution in [-0.4, -0.2) is 16.6 Å². The molecule has 2 aromatic rings. The molecule has 20 heavy (non-hydrogen) atoms. The lowest BCUT2D eigenvalue weighted by atomic mass is 10.3. The first kappa shape index (κ1) is 14.9. The van der Waals surface area contributed by atoms with E-state index in [1.807, 2.05) is 36.4 Å². The molecule has 0 saturated heterocycles. The van der Waals surface area contributed by atoms with Crippen LogP contribution in [0.4, 0.5) is 5.69 Å². The fraction of sp³-hybridized carbons (Fsp3) is 0.143. The third-order valence-electron chi connectivity index (χ3n) is 2.51. The predicted molar refractivity (Wildman–Crippen MR) is 85.6 cm³/mol. The summed E-state index contributed by atoms with van der Waals surface area (Å²) in [7, 11) is 0. The Morgan fingerprint density at radius 1 is 1.30 bits per heavy atom. The van der Waals surface area contributed by atoms with E-state index in [1.165, 1.54) is 11.8 Å². The SMILES string of the molecule is NC(=O)CSc1ccccc1NCc1ccc(Br)cn1. The van der Waals surface area contributed by atoms with Crippen molar-refractivity contribution in [3.8, 4) is 0 Å². The molecule has 3 N–H and O–H groups in total. The smallest absolute Gasteiger partial charge is 0.227 e. The van der Waals surface area contributed by atoms with Gasteiger partial charge in [-0.3, -0.25) is 9.78 Å². The van der Waals surface area contributed by atoms with Crippen LogP contribution in [-0.2, 0) is 11.3 Å². The van der Waals surface area contributed by atoms with Crippen molar-refractivity contribution in [2.24, 2.45) is 5.73 Å². The Labute approximate surface area is 130 Å². The second kappa shape index (κ2) is 7.31. The van der Waals surface area contributed by atoms with Crippen LogP contribution in [0.1, 0.15) is 5.69 Å². The highest BCUT2D eigenvalue weighted by atomic mass is 79.9. The van der Waals surface area contributed by atoms with Gasteiger partial charge in [-0.15, -0.1) is 11.8 Å². The van der Waals surface area contributed by atoms with Crippen LogP contribution in [0, 0.1) is 0 Å². The topological polar surface area (TPSA) is 68.0 Å². The van der Waals surface area contributed by atoms with E-state index < -0.39 is 0 Å². The van der Waals surface area contributed by atoms with Gasteiger partial charge < -0.3 is 11.1 Å². The average molecular weight is 352 g/mol. The van der Waals surface area contributed by atoms with Crippen molar-refractivity contribution in [3.05, 3.63) is 52.8 Å². The Bertz CT molecular complexity index is 589. The van der Waals surface area contributed by atoms with Crippen LogP contribution >= 0.6 is 27.7 Å². The molecule has 104 valence electrons. The molecule has 1 heterocycles. The number of nitrogens with two attached hydrogens (primary N) is 1. The summed E-state index contributed by atoms with van der Waals surface area (Å²) in [5.41, 5.74) is 7.10. The van der Waals surface area contributed by atoms with Crippen molar-refractivity contribution in [2.75, 3.05) is 11.1 Å². The third-order valence-corrected chi connectivity index (χ3v) is 4.07. The van der Waals surface area contributed by atoms with Gasteiger partial charge in [0, 0.05) is 21.3 Å². The maximum atomic E-state index is 10.9. The maximum Gasteiger partial charge on any atom is 0.227 e. The number of thioether (sulfide) groups is 1. The molecule has 0 atom stereocenters. The van der Waals surface area contributed by atoms with Crippen molar-refractivity contribution in [1.29, 1.82) is 0 Å². The molecule has 0 bridgehead atoms. The molecular formula is C14H14BrN3OS. The van der Waals surface area contributed by atoms with Crippen molar-refractivity contribution in [1.82, 2.24) is 4.98 Å². The number of hydrogen-bond acceptors (Lipinski definition) is 4. The minimum absolute atomic E-state index is 0.273. The number of carbonyl (C=O) groups excluding carboxylic acids is 1. The summed E-state index contributed by atoms with van der Waals surface area (Å²) in [5, 5.41) is 3.32. The van der Waals surface area contributed by atoms with Gasteiger partial charge in [-0.2, -0.15) is 0 Å². The number of nitrogens with zero attached hydrogens (tertiary/aromatic N) is 1. The first-order valence-corrected chi connectivity index (χ1v) is 7.77. The molecule has 0 aliphatic heterocycles. The van der Waals surface area contributed by atoms with Crippen LogP contribution in [0.2, 0.25) is 0 Å². The molecule has 0 saturated carbocycles. The number of aromatic nitrogens is 1. The van der Waals surface area contributed by atoms with Crippen molar-refractivity contribution in [2.45, 2.75) is 11.4 Å². The summed E-state index contributed by atoms with van der Waals surface area (Å²) < 4.78 is 0.957. The number of carbonyl (C=O) groups is 1. The number of para-hydroxylation sites is 1. The monoisotopic (exact) mass is 351 g/mol. The van der Waals surface area contributed by atoms with Gasteiger partial charge in [0.2, 0.25) is 5.91 Å².